The molecule has 0 amide bonds. The molecule has 6 nitrogen and oxygen atoms in total. The summed E-state index contributed by atoms with van der Waals surface area (Å²) in [7, 11) is -2.56. The number of benzene rings is 2. The maximum absolute atomic E-state index is 12.6. The van der Waals surface area contributed by atoms with Gasteiger partial charge in [-0.05, 0) is 35.4 Å². The largest absolute Gasteiger partial charge is 0.545 e. The Balaban J connectivity index is 2.32. The van der Waals surface area contributed by atoms with E-state index >= 15 is 0 Å². The van der Waals surface area contributed by atoms with Crippen molar-refractivity contribution in [3.05, 3.63) is 64.7 Å². The van der Waals surface area contributed by atoms with Gasteiger partial charge in [0, 0.05) is 11.6 Å². The minimum Gasteiger partial charge on any atom is -0.545 e. The smallest absolute Gasteiger partial charge is 0.244 e. The molecule has 0 unspecified atom stereocenters. The van der Waals surface area contributed by atoms with E-state index in [0.29, 0.717) is 16.1 Å². The first-order valence-electron chi connectivity index (χ1n) is 7.13. The molecule has 0 aliphatic rings. The minimum absolute atomic E-state index is 0.00424. The molecule has 1 N–H and O–H groups in total. The van der Waals surface area contributed by atoms with Crippen molar-refractivity contribution in [2.75, 3.05) is 7.11 Å². The molecule has 0 fully saturated rings. The number of halogens is 1. The molecule has 0 atom stereocenters. The Labute approximate surface area is 150 Å². The van der Waals surface area contributed by atoms with E-state index in [2.05, 4.69) is 4.72 Å². The summed E-state index contributed by atoms with van der Waals surface area (Å²) >= 11 is 6.02. The number of aliphatic carboxylic acids is 1. The molecule has 0 aliphatic heterocycles. The molecule has 0 aromatic heterocycles. The van der Waals surface area contributed by atoms with Crippen molar-refractivity contribution in [3.63, 3.8) is 0 Å². The predicted octanol–water partition coefficient (Wildman–Crippen LogP) is 1.59. The van der Waals surface area contributed by atoms with Gasteiger partial charge >= 0.3 is 0 Å². The van der Waals surface area contributed by atoms with Crippen LogP contribution in [0, 0.1) is 0 Å². The van der Waals surface area contributed by atoms with E-state index in [1.54, 1.807) is 24.3 Å². The van der Waals surface area contributed by atoms with Crippen LogP contribution in [0.5, 0.6) is 5.75 Å². The lowest BCUT2D eigenvalue weighted by atomic mass is 10.2. The third-order valence-corrected chi connectivity index (χ3v) is 5.09. The maximum atomic E-state index is 12.6. The quantitative estimate of drug-likeness (QED) is 0.736. The molecule has 0 radical (unpaired) electrons. The predicted molar refractivity (Wildman–Crippen MR) is 92.5 cm³/mol. The number of sulfonamides is 1. The number of carboxylic acid groups (broad SMARTS) is 1. The topological polar surface area (TPSA) is 95.5 Å². The van der Waals surface area contributed by atoms with Crippen LogP contribution in [0.3, 0.4) is 0 Å². The zero-order valence-corrected chi connectivity index (χ0v) is 14.8. The summed E-state index contributed by atoms with van der Waals surface area (Å²) < 4.78 is 32.7. The van der Waals surface area contributed by atoms with Crippen molar-refractivity contribution in [2.24, 2.45) is 0 Å². The number of ether oxygens (including phenoxy) is 1. The van der Waals surface area contributed by atoms with E-state index in [-0.39, 0.29) is 17.2 Å². The zero-order valence-electron chi connectivity index (χ0n) is 13.2. The van der Waals surface area contributed by atoms with Crippen LogP contribution in [0.15, 0.2) is 53.4 Å². The highest BCUT2D eigenvalue weighted by Gasteiger charge is 2.20. The summed E-state index contributed by atoms with van der Waals surface area (Å²) in [5.74, 6) is -1.24. The summed E-state index contributed by atoms with van der Waals surface area (Å²) in [5.41, 5.74) is 1.00. The molecule has 25 heavy (non-hydrogen) atoms. The first-order valence-corrected chi connectivity index (χ1v) is 9.00. The van der Waals surface area contributed by atoms with E-state index in [9.17, 15) is 18.3 Å². The van der Waals surface area contributed by atoms with Gasteiger partial charge in [-0.2, -0.15) is 0 Å². The van der Waals surface area contributed by atoms with Gasteiger partial charge < -0.3 is 14.6 Å². The SMILES string of the molecule is COc1ccc(/C=C/C(=O)[O-])cc1S(=O)(=O)NCc1ccccc1Cl. The van der Waals surface area contributed by atoms with E-state index < -0.39 is 16.0 Å². The van der Waals surface area contributed by atoms with Crippen LogP contribution < -0.4 is 14.6 Å². The Morgan fingerprint density at radius 1 is 1.28 bits per heavy atom. The number of nitrogens with one attached hydrogen (secondary N) is 1. The van der Waals surface area contributed by atoms with Crippen LogP contribution in [0.1, 0.15) is 11.1 Å². The first kappa shape index (κ1) is 19.0. The van der Waals surface area contributed by atoms with Gasteiger partial charge in [-0.15, -0.1) is 0 Å². The summed E-state index contributed by atoms with van der Waals surface area (Å²) in [6, 6.07) is 11.2. The number of rotatable bonds is 7. The average molecular weight is 381 g/mol. The lowest BCUT2D eigenvalue weighted by molar-refractivity contribution is -0.297. The normalized spacial score (nSPS) is 11.6. The molecule has 8 heteroatoms. The molecule has 0 saturated carbocycles. The molecule has 0 heterocycles. The molecule has 2 aromatic rings. The van der Waals surface area contributed by atoms with Crippen molar-refractivity contribution in [3.8, 4) is 5.75 Å². The van der Waals surface area contributed by atoms with Gasteiger partial charge in [0.1, 0.15) is 10.6 Å². The van der Waals surface area contributed by atoms with Crippen LogP contribution in [-0.2, 0) is 21.4 Å². The molecule has 132 valence electrons. The molecule has 2 rings (SSSR count). The summed E-state index contributed by atoms with van der Waals surface area (Å²) in [4.78, 5) is 10.4. The van der Waals surface area contributed by atoms with Crippen LogP contribution in [0.2, 0.25) is 5.02 Å². The number of methoxy groups -OCH3 is 1. The summed E-state index contributed by atoms with van der Waals surface area (Å²) in [6.45, 7) is 0.00424. The van der Waals surface area contributed by atoms with Gasteiger partial charge in [0.2, 0.25) is 10.0 Å². The Hall–Kier alpha value is -2.35. The Bertz CT molecular complexity index is 909. The second-order valence-electron chi connectivity index (χ2n) is 4.98. The van der Waals surface area contributed by atoms with Gasteiger partial charge in [-0.3, -0.25) is 0 Å². The number of hydrogen-bond acceptors (Lipinski definition) is 5. The number of carbonyl (C=O) groups is 1. The average Bonchev–Trinajstić information content (AvgIpc) is 2.59. The fraction of sp³-hybridized carbons (Fsp3) is 0.118. The van der Waals surface area contributed by atoms with Gasteiger partial charge in [-0.1, -0.05) is 41.9 Å². The summed E-state index contributed by atoms with van der Waals surface area (Å²) in [5, 5.41) is 11.0. The van der Waals surface area contributed by atoms with Gasteiger partial charge in [0.05, 0.1) is 13.1 Å². The molecular formula is C17H15ClNO5S-. The fourth-order valence-corrected chi connectivity index (χ4v) is 3.47. The number of carbonyl (C=O) groups excluding carboxylic acids is 1. The Morgan fingerprint density at radius 2 is 2.00 bits per heavy atom. The van der Waals surface area contributed by atoms with Crippen molar-refractivity contribution in [1.82, 2.24) is 4.72 Å². The van der Waals surface area contributed by atoms with Crippen LogP contribution in [0.25, 0.3) is 6.08 Å². The van der Waals surface area contributed by atoms with E-state index in [0.717, 1.165) is 6.08 Å². The fourth-order valence-electron chi connectivity index (χ4n) is 2.06. The number of hydrogen-bond donors (Lipinski definition) is 1. The van der Waals surface area contributed by atoms with Crippen molar-refractivity contribution in [1.29, 1.82) is 0 Å². The minimum atomic E-state index is -3.91. The molecule has 0 bridgehead atoms. The number of carboxylic acids is 1. The van der Waals surface area contributed by atoms with Crippen molar-refractivity contribution in [2.45, 2.75) is 11.4 Å². The third-order valence-electron chi connectivity index (χ3n) is 3.30. The van der Waals surface area contributed by atoms with E-state index in [1.807, 2.05) is 0 Å². The van der Waals surface area contributed by atoms with Gasteiger partial charge in [0.25, 0.3) is 0 Å². The highest BCUT2D eigenvalue weighted by molar-refractivity contribution is 7.89. The lowest BCUT2D eigenvalue weighted by Crippen LogP contribution is -2.24. The van der Waals surface area contributed by atoms with Crippen molar-refractivity contribution < 1.29 is 23.1 Å². The first-order chi connectivity index (χ1) is 11.8. The van der Waals surface area contributed by atoms with E-state index in [1.165, 1.54) is 31.4 Å². The van der Waals surface area contributed by atoms with Gasteiger partial charge in [-0.25, -0.2) is 13.1 Å². The Morgan fingerprint density at radius 3 is 2.64 bits per heavy atom. The van der Waals surface area contributed by atoms with Crippen LogP contribution in [0.4, 0.5) is 0 Å². The Kier molecular flexibility index (Phi) is 6.19. The lowest BCUT2D eigenvalue weighted by Gasteiger charge is -2.12. The van der Waals surface area contributed by atoms with Crippen molar-refractivity contribution >= 4 is 33.7 Å². The maximum Gasteiger partial charge on any atom is 0.244 e. The second-order valence-corrected chi connectivity index (χ2v) is 7.12. The monoisotopic (exact) mass is 380 g/mol. The molecule has 0 spiro atoms. The van der Waals surface area contributed by atoms with Crippen LogP contribution >= 0.6 is 11.6 Å². The molecular weight excluding hydrogens is 366 g/mol. The molecule has 0 aliphatic carbocycles. The summed E-state index contributed by atoms with van der Waals surface area (Å²) in [6.07, 6.45) is 2.05. The zero-order chi connectivity index (χ0) is 18.4. The standard InChI is InChI=1S/C17H16ClNO5S/c1-24-15-8-6-12(7-9-17(20)21)10-16(15)25(22,23)19-11-13-4-2-3-5-14(13)18/h2-10,19H,11H2,1H3,(H,20,21)/p-1/b9-7+. The highest BCUT2D eigenvalue weighted by atomic mass is 35.5. The van der Waals surface area contributed by atoms with E-state index in [4.69, 9.17) is 16.3 Å². The molecule has 2 aromatic carbocycles. The highest BCUT2D eigenvalue weighted by Crippen LogP contribution is 2.26. The van der Waals surface area contributed by atoms with Crippen LogP contribution in [-0.4, -0.2) is 21.5 Å². The van der Waals surface area contributed by atoms with Gasteiger partial charge in [0.15, 0.2) is 0 Å². The second kappa shape index (κ2) is 8.15. The third kappa shape index (κ3) is 5.06. The molecule has 0 saturated heterocycles.